The minimum absolute atomic E-state index is 0.108. The average molecular weight is 508 g/mol. The van der Waals surface area contributed by atoms with E-state index >= 15 is 0 Å². The molecule has 1 amide bonds. The Morgan fingerprint density at radius 1 is 1.19 bits per heavy atom. The van der Waals surface area contributed by atoms with Gasteiger partial charge in [0.2, 0.25) is 5.78 Å². The topological polar surface area (TPSA) is 182 Å². The second-order valence-electron chi connectivity index (χ2n) is 8.29. The van der Waals surface area contributed by atoms with Gasteiger partial charge >= 0.3 is 0 Å². The van der Waals surface area contributed by atoms with Crippen LogP contribution in [0.15, 0.2) is 33.5 Å². The lowest BCUT2D eigenvalue weighted by Crippen LogP contribution is -2.70. The van der Waals surface area contributed by atoms with Gasteiger partial charge in [0.15, 0.2) is 11.4 Å². The van der Waals surface area contributed by atoms with Crippen LogP contribution in [0.5, 0.6) is 5.75 Å². The van der Waals surface area contributed by atoms with Crippen LogP contribution in [0.1, 0.15) is 11.1 Å². The van der Waals surface area contributed by atoms with Crippen LogP contribution in [0.3, 0.4) is 0 Å². The predicted octanol–water partition coefficient (Wildman–Crippen LogP) is -0.293. The Kier molecular flexibility index (Phi) is 5.01. The summed E-state index contributed by atoms with van der Waals surface area (Å²) in [5.74, 6) is -8.61. The van der Waals surface area contributed by atoms with Gasteiger partial charge in [0.05, 0.1) is 28.1 Å². The van der Waals surface area contributed by atoms with Crippen molar-refractivity contribution < 1.29 is 39.9 Å². The van der Waals surface area contributed by atoms with Crippen molar-refractivity contribution in [3.63, 3.8) is 0 Å². The first-order valence-corrected chi connectivity index (χ1v) is 10.3. The third-order valence-electron chi connectivity index (χ3n) is 6.41. The number of nitrogens with zero attached hydrogens (tertiary/aromatic N) is 1. The van der Waals surface area contributed by atoms with Gasteiger partial charge < -0.3 is 31.3 Å². The average Bonchev–Trinajstić information content (AvgIpc) is 2.70. The van der Waals surface area contributed by atoms with Crippen LogP contribution in [0.4, 0.5) is 0 Å². The number of ketones is 2. The summed E-state index contributed by atoms with van der Waals surface area (Å²) in [5, 5.41) is 54.7. The SMILES string of the molecule is CN(C)[C@@H]1C(=O)C(C(N)=O)=C(O)[C@@]2(O)C(=O)C3=C(O)c4c(ccc(Br)c4O)[CH][C@H]3[C@H](O)[C@@H]12. The standard InChI is InChI=1S/C21H20BrN2O8/c1-24(2)13-12-14(25)7-5-6-3-4-8(22)15(26)9(6)16(27)10(7)18(29)21(12,32)19(30)11(17(13)28)20(23)31/h3-5,7,12-14,25-27,30,32H,1-2H3,(H2,23,31)/t7-,12-,13+,14+,21+/m1/s1. The second-order valence-corrected chi connectivity index (χ2v) is 9.14. The van der Waals surface area contributed by atoms with E-state index in [1.165, 1.54) is 31.5 Å². The van der Waals surface area contributed by atoms with Crippen molar-refractivity contribution in [1.29, 1.82) is 0 Å². The van der Waals surface area contributed by atoms with E-state index < -0.39 is 69.7 Å². The first kappa shape index (κ1) is 22.5. The number of hydrogen-bond donors (Lipinski definition) is 6. The smallest absolute Gasteiger partial charge is 0.255 e. The minimum Gasteiger partial charge on any atom is -0.508 e. The third-order valence-corrected chi connectivity index (χ3v) is 7.05. The number of amides is 1. The van der Waals surface area contributed by atoms with Gasteiger partial charge in [-0.3, -0.25) is 19.3 Å². The molecule has 1 fully saturated rings. The molecular formula is C21H20BrN2O8. The number of carbonyl (C=O) groups excluding carboxylic acids is 3. The molecule has 3 aliphatic carbocycles. The molecule has 0 aromatic heterocycles. The van der Waals surface area contributed by atoms with Gasteiger partial charge in [-0.1, -0.05) is 6.07 Å². The first-order valence-electron chi connectivity index (χ1n) is 9.54. The fraction of sp³-hybridized carbons (Fsp3) is 0.333. The number of fused-ring (bicyclic) bond motifs is 3. The molecule has 4 rings (SSSR count). The van der Waals surface area contributed by atoms with Crippen LogP contribution in [0.2, 0.25) is 0 Å². The van der Waals surface area contributed by atoms with Gasteiger partial charge in [-0.25, -0.2) is 0 Å². The van der Waals surface area contributed by atoms with E-state index in [4.69, 9.17) is 5.73 Å². The summed E-state index contributed by atoms with van der Waals surface area (Å²) in [5.41, 5.74) is 1.11. The van der Waals surface area contributed by atoms with Crippen LogP contribution in [0.25, 0.3) is 5.76 Å². The number of rotatable bonds is 2. The van der Waals surface area contributed by atoms with Crippen LogP contribution in [-0.4, -0.2) is 79.7 Å². The summed E-state index contributed by atoms with van der Waals surface area (Å²) < 4.78 is 0.227. The van der Waals surface area contributed by atoms with Crippen molar-refractivity contribution in [2.24, 2.45) is 17.6 Å². The number of primary amides is 1. The first-order chi connectivity index (χ1) is 14.8. The number of nitrogens with two attached hydrogens (primary N) is 1. The molecule has 10 nitrogen and oxygen atoms in total. The van der Waals surface area contributed by atoms with Gasteiger partial charge in [-0.15, -0.1) is 0 Å². The highest BCUT2D eigenvalue weighted by molar-refractivity contribution is 9.10. The monoisotopic (exact) mass is 507 g/mol. The van der Waals surface area contributed by atoms with Gasteiger partial charge in [0, 0.05) is 17.9 Å². The Bertz CT molecular complexity index is 1160. The van der Waals surface area contributed by atoms with Crippen LogP contribution in [-0.2, 0) is 14.4 Å². The normalized spacial score (nSPS) is 32.1. The number of carbonyl (C=O) groups is 3. The molecule has 7 N–H and O–H groups in total. The number of halogens is 1. The zero-order valence-electron chi connectivity index (χ0n) is 16.9. The predicted molar refractivity (Wildman–Crippen MR) is 113 cm³/mol. The molecule has 169 valence electrons. The van der Waals surface area contributed by atoms with Crippen molar-refractivity contribution in [1.82, 2.24) is 4.90 Å². The zero-order chi connectivity index (χ0) is 23.9. The molecule has 1 aromatic rings. The molecule has 1 saturated carbocycles. The van der Waals surface area contributed by atoms with E-state index in [9.17, 15) is 39.9 Å². The molecule has 0 spiro atoms. The maximum atomic E-state index is 13.6. The van der Waals surface area contributed by atoms with Gasteiger partial charge in [0.25, 0.3) is 5.91 Å². The molecule has 3 aliphatic rings. The molecule has 0 bridgehead atoms. The highest BCUT2D eigenvalue weighted by atomic mass is 79.9. The van der Waals surface area contributed by atoms with Gasteiger partial charge in [-0.05, 0) is 41.7 Å². The van der Waals surface area contributed by atoms with E-state index in [0.717, 1.165) is 0 Å². The quantitative estimate of drug-likeness (QED) is 0.293. The number of likely N-dealkylation sites (N-methyl/N-ethyl adjacent to an activating group) is 1. The Balaban J connectivity index is 2.04. The lowest BCUT2D eigenvalue weighted by Gasteiger charge is -2.52. The Labute approximate surface area is 190 Å². The van der Waals surface area contributed by atoms with Crippen molar-refractivity contribution >= 4 is 39.2 Å². The second kappa shape index (κ2) is 7.14. The molecule has 0 saturated heterocycles. The molecule has 1 radical (unpaired) electrons. The Morgan fingerprint density at radius 2 is 1.81 bits per heavy atom. The largest absolute Gasteiger partial charge is 0.508 e. The highest BCUT2D eigenvalue weighted by Gasteiger charge is 2.67. The zero-order valence-corrected chi connectivity index (χ0v) is 18.5. The number of hydrogen-bond acceptors (Lipinski definition) is 9. The van der Waals surface area contributed by atoms with E-state index in [1.807, 2.05) is 0 Å². The Morgan fingerprint density at radius 3 is 2.38 bits per heavy atom. The molecule has 1 aromatic carbocycles. The third kappa shape index (κ3) is 2.65. The van der Waals surface area contributed by atoms with Crippen molar-refractivity contribution in [3.8, 4) is 5.75 Å². The Hall–Kier alpha value is -2.73. The van der Waals surface area contributed by atoms with E-state index in [0.29, 0.717) is 5.56 Å². The van der Waals surface area contributed by atoms with E-state index in [1.54, 1.807) is 6.07 Å². The number of phenols is 1. The van der Waals surface area contributed by atoms with Gasteiger partial charge in [0.1, 0.15) is 22.8 Å². The molecule has 32 heavy (non-hydrogen) atoms. The molecule has 5 atom stereocenters. The number of Topliss-reactive ketones (excluding diaryl/α,β-unsaturated/α-hetero) is 2. The van der Waals surface area contributed by atoms with Crippen molar-refractivity contribution in [2.45, 2.75) is 17.7 Å². The molecule has 0 heterocycles. The van der Waals surface area contributed by atoms with E-state index in [-0.39, 0.29) is 15.8 Å². The number of benzene rings is 1. The summed E-state index contributed by atoms with van der Waals surface area (Å²) in [7, 11) is 2.89. The summed E-state index contributed by atoms with van der Waals surface area (Å²) in [6.45, 7) is 0. The van der Waals surface area contributed by atoms with Crippen LogP contribution < -0.4 is 5.73 Å². The molecule has 11 heteroatoms. The van der Waals surface area contributed by atoms with Crippen molar-refractivity contribution in [2.75, 3.05) is 14.1 Å². The maximum absolute atomic E-state index is 13.6. The number of aliphatic hydroxyl groups is 4. The molecular weight excluding hydrogens is 488 g/mol. The lowest BCUT2D eigenvalue weighted by atomic mass is 9.56. The summed E-state index contributed by atoms with van der Waals surface area (Å²) in [4.78, 5) is 39.8. The fourth-order valence-corrected chi connectivity index (χ4v) is 5.32. The fourth-order valence-electron chi connectivity index (χ4n) is 4.99. The summed E-state index contributed by atoms with van der Waals surface area (Å²) in [6, 6.07) is 1.67. The van der Waals surface area contributed by atoms with Gasteiger partial charge in [-0.2, -0.15) is 0 Å². The minimum atomic E-state index is -2.92. The summed E-state index contributed by atoms with van der Waals surface area (Å²) >= 11 is 3.12. The van der Waals surface area contributed by atoms with Crippen LogP contribution >= 0.6 is 15.9 Å². The number of phenolic OH excluding ortho intramolecular Hbond substituents is 1. The highest BCUT2D eigenvalue weighted by Crippen LogP contribution is 2.53. The van der Waals surface area contributed by atoms with Crippen molar-refractivity contribution in [3.05, 3.63) is 51.1 Å². The molecule has 0 unspecified atom stereocenters. The molecule has 0 aliphatic heterocycles. The van der Waals surface area contributed by atoms with Crippen LogP contribution in [0, 0.1) is 18.3 Å². The number of aromatic hydroxyl groups is 1. The number of aliphatic hydroxyl groups excluding tert-OH is 3. The summed E-state index contributed by atoms with van der Waals surface area (Å²) in [6.07, 6.45) is -0.206. The maximum Gasteiger partial charge on any atom is 0.255 e. The lowest BCUT2D eigenvalue weighted by molar-refractivity contribution is -0.167. The van der Waals surface area contributed by atoms with E-state index in [2.05, 4.69) is 15.9 Å².